The van der Waals surface area contributed by atoms with E-state index in [2.05, 4.69) is 4.98 Å². The molecule has 1 aliphatic rings. The number of aryl methyl sites for hydroxylation is 2. The van der Waals surface area contributed by atoms with Crippen LogP contribution in [0.1, 0.15) is 42.2 Å². The molecule has 2 aromatic rings. The predicted molar refractivity (Wildman–Crippen MR) is 82.8 cm³/mol. The van der Waals surface area contributed by atoms with Crippen molar-refractivity contribution >= 4 is 17.6 Å². The minimum Gasteiger partial charge on any atom is -0.455 e. The second-order valence-electron chi connectivity index (χ2n) is 5.77. The standard InChI is InChI=1S/C17H18ClNO3/c1-11-12(2)22-15(19-11)10-21-16(20)17(8-3-9-17)13-4-6-14(18)7-5-13/h4-7H,3,8-10H2,1-2H3. The fourth-order valence-electron chi connectivity index (χ4n) is 2.78. The maximum atomic E-state index is 12.6. The Morgan fingerprint density at radius 2 is 2.00 bits per heavy atom. The van der Waals surface area contributed by atoms with Gasteiger partial charge in [-0.2, -0.15) is 0 Å². The fraction of sp³-hybridized carbons (Fsp3) is 0.412. The van der Waals surface area contributed by atoms with Crippen molar-refractivity contribution in [3.8, 4) is 0 Å². The summed E-state index contributed by atoms with van der Waals surface area (Å²) >= 11 is 5.92. The SMILES string of the molecule is Cc1nc(COC(=O)C2(c3ccc(Cl)cc3)CCC2)oc1C. The minimum atomic E-state index is -0.540. The Morgan fingerprint density at radius 1 is 1.32 bits per heavy atom. The summed E-state index contributed by atoms with van der Waals surface area (Å²) in [5.74, 6) is 0.977. The Bertz CT molecular complexity index is 667. The lowest BCUT2D eigenvalue weighted by atomic mass is 9.64. The van der Waals surface area contributed by atoms with Crippen molar-refractivity contribution in [2.24, 2.45) is 0 Å². The van der Waals surface area contributed by atoms with E-state index in [4.69, 9.17) is 20.8 Å². The van der Waals surface area contributed by atoms with Crippen molar-refractivity contribution in [1.29, 1.82) is 0 Å². The molecule has 4 nitrogen and oxygen atoms in total. The van der Waals surface area contributed by atoms with Crippen LogP contribution in [-0.4, -0.2) is 11.0 Å². The monoisotopic (exact) mass is 319 g/mol. The average Bonchev–Trinajstić information content (AvgIpc) is 2.76. The number of rotatable bonds is 4. The van der Waals surface area contributed by atoms with Crippen LogP contribution in [0.3, 0.4) is 0 Å². The number of carbonyl (C=O) groups is 1. The summed E-state index contributed by atoms with van der Waals surface area (Å²) in [4.78, 5) is 16.8. The lowest BCUT2D eigenvalue weighted by Gasteiger charge is -2.39. The van der Waals surface area contributed by atoms with E-state index in [9.17, 15) is 4.79 Å². The van der Waals surface area contributed by atoms with Crippen molar-refractivity contribution in [2.75, 3.05) is 0 Å². The second kappa shape index (κ2) is 5.76. The van der Waals surface area contributed by atoms with Crippen LogP contribution in [0, 0.1) is 13.8 Å². The van der Waals surface area contributed by atoms with Gasteiger partial charge in [0.1, 0.15) is 5.76 Å². The summed E-state index contributed by atoms with van der Waals surface area (Å²) < 4.78 is 10.9. The van der Waals surface area contributed by atoms with Crippen molar-refractivity contribution < 1.29 is 13.9 Å². The Labute approximate surface area is 134 Å². The van der Waals surface area contributed by atoms with Crippen LogP contribution in [-0.2, 0) is 21.6 Å². The van der Waals surface area contributed by atoms with E-state index in [0.717, 1.165) is 36.3 Å². The number of hydrogen-bond donors (Lipinski definition) is 0. The van der Waals surface area contributed by atoms with Crippen LogP contribution in [0.2, 0.25) is 5.02 Å². The molecule has 1 aliphatic carbocycles. The fourth-order valence-corrected chi connectivity index (χ4v) is 2.90. The highest BCUT2D eigenvalue weighted by molar-refractivity contribution is 6.30. The first-order chi connectivity index (χ1) is 10.5. The molecule has 5 heteroatoms. The van der Waals surface area contributed by atoms with E-state index >= 15 is 0 Å². The minimum absolute atomic E-state index is 0.0723. The van der Waals surface area contributed by atoms with E-state index in [0.29, 0.717) is 10.9 Å². The predicted octanol–water partition coefficient (Wildman–Crippen LogP) is 4.11. The summed E-state index contributed by atoms with van der Waals surface area (Å²) in [5, 5.41) is 0.664. The molecular weight excluding hydrogens is 302 g/mol. The molecule has 1 aromatic carbocycles. The number of nitrogens with zero attached hydrogens (tertiary/aromatic N) is 1. The molecular formula is C17H18ClNO3. The third-order valence-electron chi connectivity index (χ3n) is 4.39. The van der Waals surface area contributed by atoms with Crippen molar-refractivity contribution in [2.45, 2.75) is 45.1 Å². The summed E-state index contributed by atoms with van der Waals surface area (Å²) in [6.07, 6.45) is 2.63. The Hall–Kier alpha value is -1.81. The van der Waals surface area contributed by atoms with Gasteiger partial charge in [0.15, 0.2) is 6.61 Å². The Kier molecular flexibility index (Phi) is 3.96. The Balaban J connectivity index is 1.73. The van der Waals surface area contributed by atoms with Crippen LogP contribution in [0.5, 0.6) is 0 Å². The first-order valence-corrected chi connectivity index (χ1v) is 7.75. The van der Waals surface area contributed by atoms with Gasteiger partial charge in [0.25, 0.3) is 0 Å². The number of esters is 1. The van der Waals surface area contributed by atoms with Crippen LogP contribution < -0.4 is 0 Å². The molecule has 0 aliphatic heterocycles. The van der Waals surface area contributed by atoms with Crippen LogP contribution in [0.15, 0.2) is 28.7 Å². The summed E-state index contributed by atoms with van der Waals surface area (Å²) in [5.41, 5.74) is 1.25. The normalized spacial score (nSPS) is 16.1. The molecule has 0 N–H and O–H groups in total. The molecule has 0 atom stereocenters. The number of oxazole rings is 1. The highest BCUT2D eigenvalue weighted by Crippen LogP contribution is 2.45. The average molecular weight is 320 g/mol. The zero-order valence-electron chi connectivity index (χ0n) is 12.7. The maximum absolute atomic E-state index is 12.6. The molecule has 0 saturated heterocycles. The van der Waals surface area contributed by atoms with Gasteiger partial charge in [-0.15, -0.1) is 0 Å². The van der Waals surface area contributed by atoms with Gasteiger partial charge in [0, 0.05) is 5.02 Å². The van der Waals surface area contributed by atoms with Crippen molar-refractivity contribution in [1.82, 2.24) is 4.98 Å². The molecule has 0 amide bonds. The van der Waals surface area contributed by atoms with E-state index in [1.807, 2.05) is 38.1 Å². The molecule has 22 heavy (non-hydrogen) atoms. The molecule has 116 valence electrons. The van der Waals surface area contributed by atoms with Crippen molar-refractivity contribution in [3.05, 3.63) is 52.2 Å². The zero-order chi connectivity index (χ0) is 15.7. The third kappa shape index (κ3) is 2.63. The van der Waals surface area contributed by atoms with E-state index in [1.54, 1.807) is 0 Å². The quantitative estimate of drug-likeness (QED) is 0.796. The van der Waals surface area contributed by atoms with Gasteiger partial charge >= 0.3 is 5.97 Å². The molecule has 1 fully saturated rings. The van der Waals surface area contributed by atoms with E-state index < -0.39 is 5.41 Å². The Morgan fingerprint density at radius 3 is 2.50 bits per heavy atom. The van der Waals surface area contributed by atoms with Crippen LogP contribution >= 0.6 is 11.6 Å². The summed E-state index contributed by atoms with van der Waals surface area (Å²) in [7, 11) is 0. The third-order valence-corrected chi connectivity index (χ3v) is 4.65. The van der Waals surface area contributed by atoms with Crippen LogP contribution in [0.25, 0.3) is 0 Å². The highest BCUT2D eigenvalue weighted by atomic mass is 35.5. The number of hydrogen-bond acceptors (Lipinski definition) is 4. The molecule has 1 aromatic heterocycles. The largest absolute Gasteiger partial charge is 0.455 e. The summed E-state index contributed by atoms with van der Waals surface area (Å²) in [6, 6.07) is 7.43. The van der Waals surface area contributed by atoms with Gasteiger partial charge in [-0.25, -0.2) is 4.98 Å². The van der Waals surface area contributed by atoms with E-state index in [-0.39, 0.29) is 12.6 Å². The number of ether oxygens (including phenoxy) is 1. The van der Waals surface area contributed by atoms with Gasteiger partial charge in [-0.3, -0.25) is 4.79 Å². The lowest BCUT2D eigenvalue weighted by Crippen LogP contribution is -2.43. The molecule has 1 saturated carbocycles. The number of benzene rings is 1. The molecule has 0 radical (unpaired) electrons. The highest BCUT2D eigenvalue weighted by Gasteiger charge is 2.47. The van der Waals surface area contributed by atoms with Crippen LogP contribution in [0.4, 0.5) is 0 Å². The summed E-state index contributed by atoms with van der Waals surface area (Å²) in [6.45, 7) is 3.78. The van der Waals surface area contributed by atoms with Gasteiger partial charge in [-0.05, 0) is 44.4 Å². The topological polar surface area (TPSA) is 52.3 Å². The number of carbonyl (C=O) groups excluding carboxylic acids is 1. The molecule has 0 spiro atoms. The number of halogens is 1. The lowest BCUT2D eigenvalue weighted by molar-refractivity contribution is -0.156. The molecule has 3 rings (SSSR count). The molecule has 0 unspecified atom stereocenters. The molecule has 0 bridgehead atoms. The van der Waals surface area contributed by atoms with E-state index in [1.165, 1.54) is 0 Å². The smallest absolute Gasteiger partial charge is 0.317 e. The van der Waals surface area contributed by atoms with Crippen molar-refractivity contribution in [3.63, 3.8) is 0 Å². The first-order valence-electron chi connectivity index (χ1n) is 7.37. The first kappa shape index (κ1) is 15.1. The number of aromatic nitrogens is 1. The molecule has 1 heterocycles. The van der Waals surface area contributed by atoms with Gasteiger partial charge in [0.2, 0.25) is 5.89 Å². The van der Waals surface area contributed by atoms with Gasteiger partial charge < -0.3 is 9.15 Å². The maximum Gasteiger partial charge on any atom is 0.317 e. The zero-order valence-corrected chi connectivity index (χ0v) is 13.4. The second-order valence-corrected chi connectivity index (χ2v) is 6.20. The van der Waals surface area contributed by atoms with Gasteiger partial charge in [0.05, 0.1) is 11.1 Å². The van der Waals surface area contributed by atoms with Gasteiger partial charge in [-0.1, -0.05) is 30.2 Å².